The summed E-state index contributed by atoms with van der Waals surface area (Å²) >= 11 is -1.02. The quantitative estimate of drug-likeness (QED) is 0.743. The third-order valence-corrected chi connectivity index (χ3v) is 7.37. The molecule has 0 radical (unpaired) electrons. The maximum absolute atomic E-state index is 12.5. The van der Waals surface area contributed by atoms with Gasteiger partial charge in [-0.15, -0.1) is 0 Å². The molecule has 1 unspecified atom stereocenters. The lowest BCUT2D eigenvalue weighted by atomic mass is 9.97. The van der Waals surface area contributed by atoms with Crippen LogP contribution >= 0.6 is 0 Å². The van der Waals surface area contributed by atoms with Gasteiger partial charge in [0, 0.05) is 44.7 Å². The minimum atomic E-state index is -1.02. The average Bonchev–Trinajstić information content (AvgIpc) is 3.35. The smallest absolute Gasteiger partial charge is 0.229 e. The molecule has 2 saturated heterocycles. The zero-order chi connectivity index (χ0) is 19.8. The summed E-state index contributed by atoms with van der Waals surface area (Å²) in [7, 11) is 0. The van der Waals surface area contributed by atoms with Gasteiger partial charge in [0.05, 0.1) is 0 Å². The van der Waals surface area contributed by atoms with Gasteiger partial charge in [0.1, 0.15) is 11.4 Å². The number of hydrogen-bond acceptors (Lipinski definition) is 9. The van der Waals surface area contributed by atoms with Crippen molar-refractivity contribution in [2.24, 2.45) is 0 Å². The molecule has 0 bridgehead atoms. The lowest BCUT2D eigenvalue weighted by Crippen LogP contribution is -2.35. The summed E-state index contributed by atoms with van der Waals surface area (Å²) in [5, 5.41) is 7.46. The first-order chi connectivity index (χ1) is 14.2. The SMILES string of the molecule is Cc1noc(C2CCN(c3nc4c(c(NC5CCOCC5)n3)[S+]([O-])CC4)CC2)n1. The van der Waals surface area contributed by atoms with E-state index in [-0.39, 0.29) is 5.92 Å². The fourth-order valence-corrected chi connectivity index (χ4v) is 5.58. The molecule has 2 aromatic heterocycles. The first-order valence-electron chi connectivity index (χ1n) is 10.4. The molecule has 10 heteroatoms. The Morgan fingerprint density at radius 2 is 1.90 bits per heavy atom. The van der Waals surface area contributed by atoms with Crippen LogP contribution in [0.4, 0.5) is 11.8 Å². The van der Waals surface area contributed by atoms with Crippen LogP contribution in [-0.2, 0) is 22.3 Å². The van der Waals surface area contributed by atoms with Crippen molar-refractivity contribution in [3.8, 4) is 0 Å². The fourth-order valence-electron chi connectivity index (χ4n) is 4.26. The van der Waals surface area contributed by atoms with Gasteiger partial charge in [0.2, 0.25) is 16.7 Å². The molecule has 9 nitrogen and oxygen atoms in total. The van der Waals surface area contributed by atoms with Crippen LogP contribution in [0.5, 0.6) is 0 Å². The van der Waals surface area contributed by atoms with Gasteiger partial charge in [0.15, 0.2) is 11.6 Å². The number of aryl methyl sites for hydroxylation is 2. The number of aromatic nitrogens is 4. The number of fused-ring (bicyclic) bond motifs is 1. The Bertz CT molecular complexity index is 864. The molecule has 0 spiro atoms. The second kappa shape index (κ2) is 8.08. The van der Waals surface area contributed by atoms with E-state index in [9.17, 15) is 4.55 Å². The molecular weight excluding hydrogens is 392 g/mol. The molecule has 29 heavy (non-hydrogen) atoms. The highest BCUT2D eigenvalue weighted by atomic mass is 32.2. The molecule has 1 atom stereocenters. The maximum atomic E-state index is 12.5. The van der Waals surface area contributed by atoms with Gasteiger partial charge >= 0.3 is 0 Å². The van der Waals surface area contributed by atoms with Crippen molar-refractivity contribution in [3.63, 3.8) is 0 Å². The highest BCUT2D eigenvalue weighted by Crippen LogP contribution is 2.35. The van der Waals surface area contributed by atoms with Crippen LogP contribution in [0.15, 0.2) is 9.42 Å². The Balaban J connectivity index is 1.34. The van der Waals surface area contributed by atoms with E-state index in [4.69, 9.17) is 19.2 Å². The summed E-state index contributed by atoms with van der Waals surface area (Å²) in [5.41, 5.74) is 0.928. The number of hydrogen-bond donors (Lipinski definition) is 1. The van der Waals surface area contributed by atoms with Crippen LogP contribution in [0.25, 0.3) is 0 Å². The molecule has 0 aromatic carbocycles. The van der Waals surface area contributed by atoms with E-state index in [0.29, 0.717) is 17.6 Å². The van der Waals surface area contributed by atoms with Gasteiger partial charge < -0.3 is 24.0 Å². The molecule has 156 valence electrons. The average molecular weight is 419 g/mol. The topological polar surface area (TPSA) is 112 Å². The minimum absolute atomic E-state index is 0.286. The van der Waals surface area contributed by atoms with E-state index in [2.05, 4.69) is 20.4 Å². The van der Waals surface area contributed by atoms with Crippen LogP contribution in [-0.4, -0.2) is 62.8 Å². The van der Waals surface area contributed by atoms with Crippen LogP contribution < -0.4 is 10.2 Å². The van der Waals surface area contributed by atoms with Crippen LogP contribution in [0.2, 0.25) is 0 Å². The summed E-state index contributed by atoms with van der Waals surface area (Å²) in [6.45, 7) is 5.03. The lowest BCUT2D eigenvalue weighted by molar-refractivity contribution is 0.0903. The third kappa shape index (κ3) is 3.93. The zero-order valence-corrected chi connectivity index (χ0v) is 17.4. The van der Waals surface area contributed by atoms with Gasteiger partial charge in [-0.1, -0.05) is 5.16 Å². The largest absolute Gasteiger partial charge is 0.611 e. The molecule has 2 fully saturated rings. The second-order valence-corrected chi connectivity index (χ2v) is 9.43. The van der Waals surface area contributed by atoms with Crippen molar-refractivity contribution in [1.29, 1.82) is 0 Å². The Kier molecular flexibility index (Phi) is 5.31. The van der Waals surface area contributed by atoms with E-state index >= 15 is 0 Å². The third-order valence-electron chi connectivity index (χ3n) is 5.91. The molecule has 3 aliphatic heterocycles. The van der Waals surface area contributed by atoms with Crippen LogP contribution in [0.3, 0.4) is 0 Å². The molecule has 0 aliphatic carbocycles. The van der Waals surface area contributed by atoms with Crippen molar-refractivity contribution in [1.82, 2.24) is 20.1 Å². The molecule has 3 aliphatic rings. The van der Waals surface area contributed by atoms with Gasteiger partial charge in [-0.25, -0.2) is 4.98 Å². The zero-order valence-electron chi connectivity index (χ0n) is 16.6. The highest BCUT2D eigenvalue weighted by Gasteiger charge is 2.34. The summed E-state index contributed by atoms with van der Waals surface area (Å²) < 4.78 is 23.4. The van der Waals surface area contributed by atoms with Crippen molar-refractivity contribution >= 4 is 22.9 Å². The number of nitrogens with one attached hydrogen (secondary N) is 1. The number of ether oxygens (including phenoxy) is 1. The summed E-state index contributed by atoms with van der Waals surface area (Å²) in [6.07, 6.45) is 4.48. The number of nitrogens with zero attached hydrogens (tertiary/aromatic N) is 5. The Labute approximate surface area is 172 Å². The highest BCUT2D eigenvalue weighted by molar-refractivity contribution is 7.91. The van der Waals surface area contributed by atoms with E-state index < -0.39 is 11.2 Å². The van der Waals surface area contributed by atoms with Crippen molar-refractivity contribution in [2.75, 3.05) is 42.3 Å². The van der Waals surface area contributed by atoms with E-state index in [1.165, 1.54) is 0 Å². The molecule has 5 heterocycles. The summed E-state index contributed by atoms with van der Waals surface area (Å²) in [4.78, 5) is 17.0. The summed E-state index contributed by atoms with van der Waals surface area (Å²) in [6, 6.07) is 0.305. The predicted molar refractivity (Wildman–Crippen MR) is 108 cm³/mol. The monoisotopic (exact) mass is 418 g/mol. The van der Waals surface area contributed by atoms with Gasteiger partial charge in [0.25, 0.3) is 0 Å². The van der Waals surface area contributed by atoms with Gasteiger partial charge in [-0.3, -0.25) is 0 Å². The van der Waals surface area contributed by atoms with Crippen molar-refractivity contribution in [2.45, 2.75) is 55.9 Å². The molecule has 2 aromatic rings. The fraction of sp³-hybridized carbons (Fsp3) is 0.684. The van der Waals surface area contributed by atoms with Gasteiger partial charge in [-0.05, 0) is 43.8 Å². The van der Waals surface area contributed by atoms with Gasteiger partial charge in [-0.2, -0.15) is 9.97 Å². The summed E-state index contributed by atoms with van der Waals surface area (Å²) in [5.74, 6) is 3.82. The maximum Gasteiger partial charge on any atom is 0.229 e. The Hall–Kier alpha value is -1.91. The first-order valence-corrected chi connectivity index (χ1v) is 11.7. The normalized spacial score (nSPS) is 23.4. The molecule has 5 rings (SSSR count). The van der Waals surface area contributed by atoms with Crippen molar-refractivity contribution < 1.29 is 13.8 Å². The van der Waals surface area contributed by atoms with Crippen molar-refractivity contribution in [3.05, 3.63) is 17.4 Å². The van der Waals surface area contributed by atoms with E-state index in [1.807, 2.05) is 6.92 Å². The van der Waals surface area contributed by atoms with E-state index in [1.54, 1.807) is 0 Å². The number of rotatable bonds is 4. The Morgan fingerprint density at radius 3 is 2.62 bits per heavy atom. The number of piperidine rings is 1. The molecule has 0 saturated carbocycles. The first kappa shape index (κ1) is 19.1. The van der Waals surface area contributed by atoms with Crippen LogP contribution in [0.1, 0.15) is 49.0 Å². The standard InChI is InChI=1S/C19H26N6O3S/c1-12-20-18(28-24-12)13-2-7-25(8-3-13)19-22-15-6-11-29(26)16(15)17(23-19)21-14-4-9-27-10-5-14/h13-14H,2-11H2,1H3,(H,21,22,23). The second-order valence-electron chi connectivity index (χ2n) is 7.92. The Morgan fingerprint density at radius 1 is 1.10 bits per heavy atom. The minimum Gasteiger partial charge on any atom is -0.611 e. The number of anilines is 2. The predicted octanol–water partition coefficient (Wildman–Crippen LogP) is 1.81. The van der Waals surface area contributed by atoms with E-state index in [0.717, 1.165) is 86.7 Å². The lowest BCUT2D eigenvalue weighted by Gasteiger charge is -2.31. The van der Waals surface area contributed by atoms with Crippen LogP contribution in [0, 0.1) is 6.92 Å². The molecule has 1 N–H and O–H groups in total. The molecule has 0 amide bonds. The molecular formula is C19H26N6O3S.